The smallest absolute Gasteiger partial charge is 0.326 e. The number of rotatable bonds is 11. The summed E-state index contributed by atoms with van der Waals surface area (Å²) >= 11 is 4.01. The average Bonchev–Trinajstić information content (AvgIpc) is 2.63. The first kappa shape index (κ1) is 26.4. The molecule has 166 valence electrons. The summed E-state index contributed by atoms with van der Waals surface area (Å²) in [5.41, 5.74) is 0.801. The molecule has 0 aliphatic carbocycles. The third-order valence-electron chi connectivity index (χ3n) is 4.10. The number of carboxylic acids is 1. The van der Waals surface area contributed by atoms with Gasteiger partial charge in [0.1, 0.15) is 17.8 Å². The Morgan fingerprint density at radius 2 is 1.50 bits per heavy atom. The monoisotopic (exact) mass is 645 g/mol. The lowest BCUT2D eigenvalue weighted by Crippen LogP contribution is -2.47. The number of phenolic OH excluding ortho intramolecular Hbond substituents is 1. The van der Waals surface area contributed by atoms with Crippen molar-refractivity contribution in [2.75, 3.05) is 6.54 Å². The molecular weight excluding hydrogens is 620 g/mol. The van der Waals surface area contributed by atoms with Gasteiger partial charge in [-0.05, 0) is 82.1 Å². The molecule has 0 aliphatic heterocycles. The van der Waals surface area contributed by atoms with Crippen LogP contribution in [-0.4, -0.2) is 52.5 Å². The minimum atomic E-state index is -1.10. The second-order valence-electron chi connectivity index (χ2n) is 6.74. The predicted molar refractivity (Wildman–Crippen MR) is 127 cm³/mol. The van der Waals surface area contributed by atoms with Crippen molar-refractivity contribution in [1.82, 2.24) is 16.0 Å². The fourth-order valence-corrected chi connectivity index (χ4v) is 4.63. The number of phenols is 1. The number of nitrogens with one attached hydrogen (secondary N) is 3. The van der Waals surface area contributed by atoms with E-state index in [0.29, 0.717) is 26.5 Å². The van der Waals surface area contributed by atoms with E-state index in [-0.39, 0.29) is 30.4 Å². The van der Waals surface area contributed by atoms with E-state index in [1.54, 1.807) is 12.1 Å². The maximum Gasteiger partial charge on any atom is 0.326 e. The summed E-state index contributed by atoms with van der Waals surface area (Å²) in [5, 5.41) is 26.7. The average molecular weight is 645 g/mol. The molecule has 11 heteroatoms. The van der Waals surface area contributed by atoms with Gasteiger partial charge in [-0.25, -0.2) is 4.79 Å². The molecule has 0 fully saturated rings. The van der Waals surface area contributed by atoms with Crippen molar-refractivity contribution < 1.29 is 29.4 Å². The molecule has 5 N–H and O–H groups in total. The van der Waals surface area contributed by atoms with Crippen molar-refractivity contribution in [3.05, 3.63) is 24.8 Å². The minimum Gasteiger partial charge on any atom is -0.506 e. The van der Waals surface area contributed by atoms with E-state index in [9.17, 15) is 24.3 Å². The second-order valence-corrected chi connectivity index (χ2v) is 9.07. The molecule has 0 saturated carbocycles. The van der Waals surface area contributed by atoms with E-state index in [1.165, 1.54) is 13.8 Å². The van der Waals surface area contributed by atoms with Crippen LogP contribution in [0.3, 0.4) is 0 Å². The SMILES string of the molecule is CC(=O)N[C@@H](CCCCNC(=O)[C@H](Cc1cc(I)c(O)c(I)c1)NC(C)=O)C(=O)O. The van der Waals surface area contributed by atoms with Gasteiger partial charge in [0.2, 0.25) is 17.7 Å². The molecule has 1 rings (SSSR count). The number of aliphatic carboxylic acids is 1. The van der Waals surface area contributed by atoms with Gasteiger partial charge in [-0.2, -0.15) is 0 Å². The molecule has 0 saturated heterocycles. The Hall–Kier alpha value is -1.64. The van der Waals surface area contributed by atoms with Gasteiger partial charge in [0, 0.05) is 26.8 Å². The van der Waals surface area contributed by atoms with Crippen molar-refractivity contribution in [2.24, 2.45) is 0 Å². The summed E-state index contributed by atoms with van der Waals surface area (Å²) in [6.07, 6.45) is 1.54. The highest BCUT2D eigenvalue weighted by Gasteiger charge is 2.21. The van der Waals surface area contributed by atoms with E-state index >= 15 is 0 Å². The Labute approximate surface area is 202 Å². The van der Waals surface area contributed by atoms with E-state index in [0.717, 1.165) is 5.56 Å². The van der Waals surface area contributed by atoms with Gasteiger partial charge in [-0.1, -0.05) is 0 Å². The quantitative estimate of drug-likeness (QED) is 0.183. The van der Waals surface area contributed by atoms with Crippen LogP contribution in [0.2, 0.25) is 0 Å². The maximum atomic E-state index is 12.5. The maximum absolute atomic E-state index is 12.5. The molecular formula is C19H25I2N3O6. The Balaban J connectivity index is 2.60. The molecule has 0 radical (unpaired) electrons. The van der Waals surface area contributed by atoms with E-state index < -0.39 is 24.0 Å². The molecule has 1 aromatic rings. The Kier molecular flexibility index (Phi) is 11.4. The molecule has 3 amide bonds. The highest BCUT2D eigenvalue weighted by molar-refractivity contribution is 14.1. The number of amides is 3. The van der Waals surface area contributed by atoms with E-state index in [2.05, 4.69) is 16.0 Å². The van der Waals surface area contributed by atoms with Crippen LogP contribution in [0.5, 0.6) is 5.75 Å². The van der Waals surface area contributed by atoms with Crippen LogP contribution >= 0.6 is 45.2 Å². The van der Waals surface area contributed by atoms with Crippen LogP contribution in [0.1, 0.15) is 38.7 Å². The molecule has 0 heterocycles. The minimum absolute atomic E-state index is 0.180. The number of aromatic hydroxyl groups is 1. The number of halogens is 2. The lowest BCUT2D eigenvalue weighted by Gasteiger charge is -2.18. The summed E-state index contributed by atoms with van der Waals surface area (Å²) < 4.78 is 1.31. The lowest BCUT2D eigenvalue weighted by molar-refractivity contribution is -0.141. The Bertz CT molecular complexity index is 779. The number of hydrogen-bond donors (Lipinski definition) is 5. The fourth-order valence-electron chi connectivity index (χ4n) is 2.74. The summed E-state index contributed by atoms with van der Waals surface area (Å²) in [4.78, 5) is 46.2. The van der Waals surface area contributed by atoms with Crippen LogP contribution < -0.4 is 16.0 Å². The molecule has 2 atom stereocenters. The van der Waals surface area contributed by atoms with Gasteiger partial charge in [0.05, 0.1) is 7.14 Å². The molecule has 1 aromatic carbocycles. The van der Waals surface area contributed by atoms with Crippen molar-refractivity contribution >= 4 is 68.9 Å². The first-order valence-corrected chi connectivity index (χ1v) is 11.4. The zero-order valence-electron chi connectivity index (χ0n) is 16.6. The lowest BCUT2D eigenvalue weighted by atomic mass is 10.0. The Morgan fingerprint density at radius 1 is 0.967 bits per heavy atom. The topological polar surface area (TPSA) is 145 Å². The molecule has 30 heavy (non-hydrogen) atoms. The fraction of sp³-hybridized carbons (Fsp3) is 0.474. The van der Waals surface area contributed by atoms with Gasteiger partial charge in [-0.15, -0.1) is 0 Å². The van der Waals surface area contributed by atoms with E-state index in [4.69, 9.17) is 5.11 Å². The summed E-state index contributed by atoms with van der Waals surface area (Å²) in [6.45, 7) is 2.90. The predicted octanol–water partition coefficient (Wildman–Crippen LogP) is 1.52. The van der Waals surface area contributed by atoms with Crippen molar-refractivity contribution in [3.8, 4) is 5.75 Å². The van der Waals surface area contributed by atoms with Crippen molar-refractivity contribution in [1.29, 1.82) is 0 Å². The Morgan fingerprint density at radius 3 is 2.00 bits per heavy atom. The van der Waals surface area contributed by atoms with Crippen LogP contribution in [-0.2, 0) is 25.6 Å². The summed E-state index contributed by atoms with van der Waals surface area (Å²) in [6, 6.07) is 1.79. The number of benzene rings is 1. The number of carbonyl (C=O) groups excluding carboxylic acids is 3. The van der Waals surface area contributed by atoms with Gasteiger partial charge < -0.3 is 26.2 Å². The van der Waals surface area contributed by atoms with Gasteiger partial charge in [-0.3, -0.25) is 14.4 Å². The molecule has 0 bridgehead atoms. The summed E-state index contributed by atoms with van der Waals surface area (Å²) in [7, 11) is 0. The number of hydrogen-bond acceptors (Lipinski definition) is 5. The normalized spacial score (nSPS) is 12.5. The molecule has 0 aromatic heterocycles. The third kappa shape index (κ3) is 9.45. The van der Waals surface area contributed by atoms with Crippen molar-refractivity contribution in [2.45, 2.75) is 51.6 Å². The highest BCUT2D eigenvalue weighted by atomic mass is 127. The van der Waals surface area contributed by atoms with Gasteiger partial charge >= 0.3 is 5.97 Å². The van der Waals surface area contributed by atoms with Crippen LogP contribution in [0.15, 0.2) is 12.1 Å². The number of carboxylic acid groups (broad SMARTS) is 1. The molecule has 0 aliphatic rings. The van der Waals surface area contributed by atoms with Crippen molar-refractivity contribution in [3.63, 3.8) is 0 Å². The molecule has 9 nitrogen and oxygen atoms in total. The molecule has 0 spiro atoms. The highest BCUT2D eigenvalue weighted by Crippen LogP contribution is 2.27. The summed E-state index contributed by atoms with van der Waals surface area (Å²) in [5.74, 6) is -2.01. The first-order valence-electron chi connectivity index (χ1n) is 9.22. The van der Waals surface area contributed by atoms with Crippen LogP contribution in [0, 0.1) is 7.14 Å². The standard InChI is InChI=1S/C19H25I2N3O6/c1-10(25)23-15(19(29)30)5-3-4-6-22-18(28)16(24-11(2)26)9-12-7-13(20)17(27)14(21)8-12/h7-8,15-16,27H,3-6,9H2,1-2H3,(H,22,28)(H,23,25)(H,24,26)(H,29,30)/t15-,16-/m0/s1. The van der Waals surface area contributed by atoms with Gasteiger partial charge in [0.25, 0.3) is 0 Å². The van der Waals surface area contributed by atoms with Crippen LogP contribution in [0.4, 0.5) is 0 Å². The van der Waals surface area contributed by atoms with Gasteiger partial charge in [0.15, 0.2) is 0 Å². The number of carbonyl (C=O) groups is 4. The second kappa shape index (κ2) is 12.9. The zero-order valence-corrected chi connectivity index (χ0v) is 20.9. The molecule has 0 unspecified atom stereocenters. The largest absolute Gasteiger partial charge is 0.506 e. The van der Waals surface area contributed by atoms with E-state index in [1.807, 2.05) is 45.2 Å². The first-order chi connectivity index (χ1) is 14.0. The zero-order chi connectivity index (χ0) is 22.8. The number of unbranched alkanes of at least 4 members (excludes halogenated alkanes) is 1. The van der Waals surface area contributed by atoms with Crippen LogP contribution in [0.25, 0.3) is 0 Å². The third-order valence-corrected chi connectivity index (χ3v) is 5.75.